The number of aromatic hydroxyl groups is 1. The van der Waals surface area contributed by atoms with E-state index in [0.717, 1.165) is 67.9 Å². The number of likely N-dealkylation sites (tertiary alicyclic amines) is 2. The summed E-state index contributed by atoms with van der Waals surface area (Å²) in [5.74, 6) is -23.7. The topological polar surface area (TPSA) is 427 Å². The highest BCUT2D eigenvalue weighted by Gasteiger charge is 2.67. The van der Waals surface area contributed by atoms with Crippen LogP contribution in [0.25, 0.3) is 0 Å². The van der Waals surface area contributed by atoms with Crippen molar-refractivity contribution in [3.05, 3.63) is 196 Å². The van der Waals surface area contributed by atoms with Crippen LogP contribution in [-0.4, -0.2) is 237 Å². The molecule has 0 saturated carbocycles. The number of carboxylic acids is 1. The second kappa shape index (κ2) is 49.6. The van der Waals surface area contributed by atoms with E-state index in [1.807, 2.05) is 6.07 Å². The maximum atomic E-state index is 15.3. The summed E-state index contributed by atoms with van der Waals surface area (Å²) in [6.07, 6.45) is -20.2. The van der Waals surface area contributed by atoms with Gasteiger partial charge in [0, 0.05) is 82.4 Å². The first-order chi connectivity index (χ1) is 63.1. The number of rotatable bonds is 28. The molecule has 49 heteroatoms. The van der Waals surface area contributed by atoms with Crippen LogP contribution in [0.1, 0.15) is 134 Å². The van der Waals surface area contributed by atoms with Gasteiger partial charge in [0.25, 0.3) is 47.3 Å². The highest BCUT2D eigenvalue weighted by molar-refractivity contribution is 8.26. The van der Waals surface area contributed by atoms with E-state index >= 15 is 8.78 Å². The van der Waals surface area contributed by atoms with Crippen molar-refractivity contribution in [1.82, 2.24) is 47.0 Å². The number of alkyl halides is 15. The summed E-state index contributed by atoms with van der Waals surface area (Å²) in [7, 11) is 7.36. The summed E-state index contributed by atoms with van der Waals surface area (Å²) in [6, 6.07) is 29.1. The molecule has 3 aliphatic heterocycles. The molecule has 10 N–H and O–H groups in total. The smallest absolute Gasteiger partial charge is 0.405 e. The Morgan fingerprint density at radius 1 is 0.449 bits per heavy atom. The molecule has 6 aromatic rings. The summed E-state index contributed by atoms with van der Waals surface area (Å²) in [6.45, 7) is 6.47. The van der Waals surface area contributed by atoms with Crippen LogP contribution in [0.2, 0.25) is 0 Å². The molecule has 0 aromatic heterocycles. The Hall–Kier alpha value is -11.9. The first-order valence-electron chi connectivity index (χ1n) is 41.0. The molecule has 3 aliphatic rings. The Bertz CT molecular complexity index is 5320. The average Bonchev–Trinajstić information content (AvgIpc) is 1.58. The summed E-state index contributed by atoms with van der Waals surface area (Å²) in [4.78, 5) is 163. The second-order valence-electron chi connectivity index (χ2n) is 33.2. The van der Waals surface area contributed by atoms with Gasteiger partial charge in [-0.3, -0.25) is 62.9 Å². The zero-order valence-corrected chi connectivity index (χ0v) is 78.9. The average molecular weight is 2060 g/mol. The van der Waals surface area contributed by atoms with E-state index in [9.17, 15) is 135 Å². The number of ether oxygens (including phenoxy) is 4. The van der Waals surface area contributed by atoms with Crippen LogP contribution in [0.3, 0.4) is 0 Å². The van der Waals surface area contributed by atoms with Crippen LogP contribution in [0.5, 0.6) is 17.2 Å². The molecule has 138 heavy (non-hydrogen) atoms. The molecule has 9 atom stereocenters. The number of aliphatic hydroxyl groups excluding tert-OH is 1. The Labute approximate surface area is 798 Å². The van der Waals surface area contributed by atoms with Crippen molar-refractivity contribution in [3.8, 4) is 17.2 Å². The molecule has 3 saturated heterocycles. The first kappa shape index (κ1) is 118. The van der Waals surface area contributed by atoms with Crippen LogP contribution in [0, 0.1) is 37.0 Å². The number of esters is 4. The number of carbonyl (C=O) groups is 13. The summed E-state index contributed by atoms with van der Waals surface area (Å²) >= 11 is 0. The largest absolute Gasteiger partial charge is 0.508 e. The number of halogens is 18. The van der Waals surface area contributed by atoms with Crippen molar-refractivity contribution in [2.45, 2.75) is 200 Å². The van der Waals surface area contributed by atoms with Crippen LogP contribution in [-0.2, 0) is 85.9 Å². The number of aliphatic carboxylic acids is 1. The Morgan fingerprint density at radius 3 is 1.09 bits per heavy atom. The minimum absolute atomic E-state index is 0. The van der Waals surface area contributed by atoms with E-state index < -0.39 is 233 Å². The Kier molecular flexibility index (Phi) is 42.6. The zero-order valence-electron chi connectivity index (χ0n) is 75.7. The van der Waals surface area contributed by atoms with Crippen molar-refractivity contribution in [2.24, 2.45) is 16.2 Å². The number of phenolic OH excluding ortho intramolecular Hbond substituents is 1. The lowest BCUT2D eigenvalue weighted by atomic mass is 9.81. The number of benzene rings is 6. The predicted molar refractivity (Wildman–Crippen MR) is 470 cm³/mol. The summed E-state index contributed by atoms with van der Waals surface area (Å²) in [5.41, 5.74) is -3.40. The van der Waals surface area contributed by atoms with Gasteiger partial charge in [0.05, 0.1) is 60.0 Å². The van der Waals surface area contributed by atoms with Crippen LogP contribution >= 0.6 is 33.8 Å². The molecule has 3 fully saturated rings. The van der Waals surface area contributed by atoms with Gasteiger partial charge in [-0.05, 0) is 93.1 Å². The van der Waals surface area contributed by atoms with Gasteiger partial charge in [-0.1, -0.05) is 151 Å². The molecular weight excluding hydrogens is 1950 g/mol. The van der Waals surface area contributed by atoms with E-state index in [4.69, 9.17) is 23.2 Å². The fourth-order valence-corrected chi connectivity index (χ4v) is 14.4. The molecular formula is C89H101Cl3F15N9O21S. The molecule has 3 heterocycles. The van der Waals surface area contributed by atoms with E-state index in [0.29, 0.717) is 26.5 Å². The lowest BCUT2D eigenvalue weighted by molar-refractivity contribution is -0.164. The Balaban J connectivity index is 0.000000395. The van der Waals surface area contributed by atoms with Crippen LogP contribution < -0.4 is 46.7 Å². The second-order valence-corrected chi connectivity index (χ2v) is 35.7. The summed E-state index contributed by atoms with van der Waals surface area (Å²) in [5, 5.41) is 45.3. The number of aliphatic hydroxyl groups is 1. The van der Waals surface area contributed by atoms with E-state index in [2.05, 4.69) is 42.6 Å². The van der Waals surface area contributed by atoms with Crippen LogP contribution in [0.4, 0.5) is 65.9 Å². The standard InChI is InChI=1S/C31H34F5N3O7.C27H30F5N3O5.C22H23NO7.C9H13F5N2O.Cl2OS.ClH/c1-17-21(12-9-13-23(17)45-18(2)40)26(42)38-22(14-20-10-7-6-8-11-20)24(46-19(3)41)28(44)39-16-30(32,33)29(4,5)25(39)27(43)37-15-31(34,35)36;1-15-17(10-7-11-19(15)36)22(38)34-18(12-16-8-5-4-6-9-16)20(37)24(40)35-14-26(28,29)25(2,3)21(35)23(39)33-13-27(30,31)32;1-13-17(10-7-11-19(13)29-14(2)24)21(26)23-18(12-16-8-5-4-6-9-16)20(22(27)28)30-15(3)25;1-7(2)5(15-3-8(7,10)11)6(17)16-4-9(12,13)14;1-4(2)3;/h6-13,22,24-25H,14-16H2,1-5H3,(H,37,43)(H,38,42);4-11,18,20-21,36-37H,12-14H2,1-3H3,(H,33,39)(H,34,38);4-11,18,20H,12H2,1-3H3,(H,23,26)(H,27,28);5,15H,3-4H2,1-2H3,(H,16,17);;1H/t22-,24-,25?;18-,20-,21?;18-,20-;;;/m000.../s1. The lowest BCUT2D eigenvalue weighted by Gasteiger charge is -2.35. The number of phenols is 1. The number of carbonyl (C=O) groups excluding carboxylic acids is 12. The highest BCUT2D eigenvalue weighted by Crippen LogP contribution is 2.50. The van der Waals surface area contributed by atoms with Gasteiger partial charge in [0.15, 0.2) is 6.10 Å². The van der Waals surface area contributed by atoms with Crippen molar-refractivity contribution in [3.63, 3.8) is 0 Å². The monoisotopic (exact) mass is 2050 g/mol. The third-order valence-electron chi connectivity index (χ3n) is 21.9. The third-order valence-corrected chi connectivity index (χ3v) is 21.9. The maximum absolute atomic E-state index is 15.3. The van der Waals surface area contributed by atoms with Gasteiger partial charge in [0.1, 0.15) is 49.0 Å². The third kappa shape index (κ3) is 33.5. The van der Waals surface area contributed by atoms with E-state index in [-0.39, 0.29) is 76.7 Å². The zero-order chi connectivity index (χ0) is 104. The molecule has 3 unspecified atom stereocenters. The van der Waals surface area contributed by atoms with Gasteiger partial charge >= 0.3 is 48.4 Å². The minimum Gasteiger partial charge on any atom is -0.508 e. The number of hydrogen-bond donors (Lipinski definition) is 10. The van der Waals surface area contributed by atoms with E-state index in [1.165, 1.54) is 63.2 Å². The number of amides is 8. The first-order valence-corrected chi connectivity index (χ1v) is 43.8. The quantitative estimate of drug-likeness (QED) is 0.00944. The number of nitrogens with zero attached hydrogens (tertiary/aromatic N) is 2. The van der Waals surface area contributed by atoms with Gasteiger partial charge in [-0.25, -0.2) is 35.3 Å². The van der Waals surface area contributed by atoms with Crippen molar-refractivity contribution < 1.29 is 167 Å². The fraction of sp³-hybridized carbons (Fsp3) is 0.449. The summed E-state index contributed by atoms with van der Waals surface area (Å²) < 4.78 is 229. The SMILES string of the molecule is CC(=O)Oc1cccc(C(=O)N[C@@H](Cc2ccccc2)[C@H](OC(C)=O)C(=O)N2CC(F)(F)C(C)(C)C2C(=O)NCC(F)(F)F)c1C.CC(=O)Oc1cccc(C(=O)N[C@@H](Cc2ccccc2)[C@H](OC(C)=O)C(=O)O)c1C.CC1(C)C(C(=O)NCC(F)(F)F)NCC1(F)F.Cc1c(O)cccc1C(=O)N[C@@H](Cc1ccccc1)[C@H](O)C(=O)N1CC(F)(F)C(C)(C)C1C(=O)NCC(F)(F)F.Cl.O=S(Cl)Cl. The predicted octanol–water partition coefficient (Wildman–Crippen LogP) is 11.7. The van der Waals surface area contributed by atoms with E-state index in [1.54, 1.807) is 120 Å². The molecule has 30 nitrogen and oxygen atoms in total. The van der Waals surface area contributed by atoms with Gasteiger partial charge in [-0.2, -0.15) is 39.5 Å². The number of nitrogens with one attached hydrogen (secondary N) is 7. The fourth-order valence-electron chi connectivity index (χ4n) is 14.4. The number of carboxylic acid groups (broad SMARTS) is 1. The van der Waals surface area contributed by atoms with Crippen molar-refractivity contribution in [2.75, 3.05) is 39.3 Å². The Morgan fingerprint density at radius 2 is 0.761 bits per heavy atom. The van der Waals surface area contributed by atoms with Gasteiger partial charge in [-0.15, -0.1) is 12.4 Å². The normalized spacial score (nSPS) is 18.0. The number of hydrogen-bond acceptors (Lipinski definition) is 21. The molecule has 0 spiro atoms. The molecule has 0 bridgehead atoms. The minimum atomic E-state index is -4.87. The van der Waals surface area contributed by atoms with Crippen molar-refractivity contribution >= 4 is 120 Å². The lowest BCUT2D eigenvalue weighted by Crippen LogP contribution is -2.59. The molecule has 6 aromatic carbocycles. The van der Waals surface area contributed by atoms with Crippen molar-refractivity contribution in [1.29, 1.82) is 0 Å². The molecule has 0 radical (unpaired) electrons. The maximum Gasteiger partial charge on any atom is 0.405 e. The molecule has 760 valence electrons. The highest BCUT2D eigenvalue weighted by atomic mass is 36.0. The molecule has 9 rings (SSSR count). The molecule has 0 aliphatic carbocycles. The van der Waals surface area contributed by atoms with Gasteiger partial charge < -0.3 is 76.0 Å². The van der Waals surface area contributed by atoms with Gasteiger partial charge in [0.2, 0.25) is 39.2 Å². The molecule has 8 amide bonds. The van der Waals surface area contributed by atoms with Crippen LogP contribution in [0.15, 0.2) is 146 Å².